The van der Waals surface area contributed by atoms with E-state index in [-0.39, 0.29) is 0 Å². The molecule has 1 radical (unpaired) electrons. The van der Waals surface area contributed by atoms with E-state index in [9.17, 15) is 0 Å². The molecule has 0 aliphatic rings. The Bertz CT molecular complexity index is 672. The molecule has 0 aliphatic carbocycles. The Morgan fingerprint density at radius 2 is 1.05 bits per heavy atom. The molecule has 0 aromatic heterocycles. The number of hydrogen-bond donors (Lipinski definition) is 0. The lowest BCUT2D eigenvalue weighted by Crippen LogP contribution is -2.44. The van der Waals surface area contributed by atoms with Gasteiger partial charge in [0.15, 0.2) is 0 Å². The highest BCUT2D eigenvalue weighted by Crippen LogP contribution is 2.15. The van der Waals surface area contributed by atoms with Crippen molar-refractivity contribution < 1.29 is 8.85 Å². The summed E-state index contributed by atoms with van der Waals surface area (Å²) in [6.07, 6.45) is 0. The minimum atomic E-state index is -1.66. The predicted molar refractivity (Wildman–Crippen MR) is 90.7 cm³/mol. The Morgan fingerprint density at radius 1 is 0.591 bits per heavy atom. The molecule has 3 aromatic carbocycles. The van der Waals surface area contributed by atoms with E-state index < -0.39 is 9.28 Å². The second-order valence-electron chi connectivity index (χ2n) is 4.93. The largest absolute Gasteiger partial charge is 0.572 e. The van der Waals surface area contributed by atoms with Gasteiger partial charge in [0.05, 0.1) is 0 Å². The number of para-hydroxylation sites is 2. The summed E-state index contributed by atoms with van der Waals surface area (Å²) in [5, 5.41) is 1.13. The van der Waals surface area contributed by atoms with Crippen molar-refractivity contribution in [1.29, 1.82) is 0 Å². The molecule has 3 heteroatoms. The van der Waals surface area contributed by atoms with Crippen LogP contribution in [0.4, 0.5) is 0 Å². The molecule has 0 saturated heterocycles. The molecular formula is C19H17O2Si. The summed E-state index contributed by atoms with van der Waals surface area (Å²) in [6, 6.07) is 27.9. The lowest BCUT2D eigenvalue weighted by molar-refractivity contribution is 0.439. The van der Waals surface area contributed by atoms with Crippen LogP contribution in [0.3, 0.4) is 0 Å². The van der Waals surface area contributed by atoms with E-state index in [4.69, 9.17) is 8.85 Å². The summed E-state index contributed by atoms with van der Waals surface area (Å²) in [5.41, 5.74) is 1.18. The highest BCUT2D eigenvalue weighted by atomic mass is 28.3. The van der Waals surface area contributed by atoms with Gasteiger partial charge in [-0.2, -0.15) is 0 Å². The van der Waals surface area contributed by atoms with E-state index in [1.807, 2.05) is 72.8 Å². The molecule has 0 fully saturated rings. The number of rotatable bonds is 5. The van der Waals surface area contributed by atoms with E-state index in [1.54, 1.807) is 0 Å². The van der Waals surface area contributed by atoms with E-state index in [0.717, 1.165) is 16.7 Å². The first kappa shape index (κ1) is 14.4. The fraction of sp³-hybridized carbons (Fsp3) is 0.0526. The summed E-state index contributed by atoms with van der Waals surface area (Å²) < 4.78 is 12.3. The molecule has 0 saturated carbocycles. The van der Waals surface area contributed by atoms with Crippen LogP contribution in [0.15, 0.2) is 84.9 Å². The Balaban J connectivity index is 1.90. The van der Waals surface area contributed by atoms with Crippen LogP contribution in [-0.4, -0.2) is 9.28 Å². The zero-order valence-corrected chi connectivity index (χ0v) is 13.4. The van der Waals surface area contributed by atoms with Gasteiger partial charge >= 0.3 is 9.28 Å². The Hall–Kier alpha value is -2.52. The van der Waals surface area contributed by atoms with Crippen LogP contribution >= 0.6 is 0 Å². The molecule has 0 aliphatic heterocycles. The normalized spacial score (nSPS) is 10.5. The highest BCUT2D eigenvalue weighted by molar-refractivity contribution is 6.63. The maximum Gasteiger partial charge on any atom is 0.572 e. The molecule has 0 N–H and O–H groups in total. The number of benzene rings is 3. The van der Waals surface area contributed by atoms with Crippen molar-refractivity contribution in [3.63, 3.8) is 0 Å². The van der Waals surface area contributed by atoms with Gasteiger partial charge in [0.1, 0.15) is 11.5 Å². The maximum absolute atomic E-state index is 6.16. The molecule has 3 aromatic rings. The molecule has 2 nitrogen and oxygen atoms in total. The van der Waals surface area contributed by atoms with Crippen LogP contribution in [0.2, 0.25) is 0 Å². The summed E-state index contributed by atoms with van der Waals surface area (Å²) >= 11 is 0. The van der Waals surface area contributed by atoms with Gasteiger partial charge in [0.2, 0.25) is 0 Å². The van der Waals surface area contributed by atoms with E-state index in [2.05, 4.69) is 19.1 Å². The highest BCUT2D eigenvalue weighted by Gasteiger charge is 2.26. The zero-order chi connectivity index (χ0) is 15.2. The van der Waals surface area contributed by atoms with Crippen molar-refractivity contribution in [1.82, 2.24) is 0 Å². The average molecular weight is 305 g/mol. The third kappa shape index (κ3) is 3.57. The molecule has 0 amide bonds. The fourth-order valence-corrected chi connectivity index (χ4v) is 3.72. The van der Waals surface area contributed by atoms with Gasteiger partial charge in [-0.25, -0.2) is 0 Å². The first-order chi connectivity index (χ1) is 10.8. The molecular weight excluding hydrogens is 288 g/mol. The summed E-state index contributed by atoms with van der Waals surface area (Å²) in [6.45, 7) is 2.09. The third-order valence-electron chi connectivity index (χ3n) is 3.27. The summed E-state index contributed by atoms with van der Waals surface area (Å²) in [4.78, 5) is 0. The molecule has 0 atom stereocenters. The van der Waals surface area contributed by atoms with E-state index >= 15 is 0 Å². The van der Waals surface area contributed by atoms with Gasteiger partial charge in [-0.05, 0) is 36.8 Å². The van der Waals surface area contributed by atoms with Crippen molar-refractivity contribution in [2.45, 2.75) is 6.92 Å². The quantitative estimate of drug-likeness (QED) is 0.667. The fourth-order valence-electron chi connectivity index (χ4n) is 2.12. The SMILES string of the molecule is Cc1ccccc1[Si](Oc1ccccc1)Oc1ccccc1. The Morgan fingerprint density at radius 3 is 1.55 bits per heavy atom. The summed E-state index contributed by atoms with van der Waals surface area (Å²) in [5.74, 6) is 1.66. The van der Waals surface area contributed by atoms with Gasteiger partial charge in [-0.1, -0.05) is 60.7 Å². The van der Waals surface area contributed by atoms with Crippen LogP contribution in [0, 0.1) is 6.92 Å². The van der Waals surface area contributed by atoms with Crippen molar-refractivity contribution in [3.05, 3.63) is 90.5 Å². The Labute approximate surface area is 132 Å². The van der Waals surface area contributed by atoms with E-state index in [0.29, 0.717) is 0 Å². The molecule has 0 heterocycles. The van der Waals surface area contributed by atoms with E-state index in [1.165, 1.54) is 5.56 Å². The summed E-state index contributed by atoms with van der Waals surface area (Å²) in [7, 11) is -1.66. The van der Waals surface area contributed by atoms with Crippen LogP contribution < -0.4 is 14.0 Å². The monoisotopic (exact) mass is 305 g/mol. The minimum absolute atomic E-state index is 0.829. The second-order valence-corrected chi connectivity index (χ2v) is 6.45. The van der Waals surface area contributed by atoms with Crippen LogP contribution in [0.1, 0.15) is 5.56 Å². The predicted octanol–water partition coefficient (Wildman–Crippen LogP) is 3.85. The smallest absolute Gasteiger partial charge is 0.507 e. The number of aryl methyl sites for hydroxylation is 1. The number of hydrogen-bond acceptors (Lipinski definition) is 2. The molecule has 3 rings (SSSR count). The minimum Gasteiger partial charge on any atom is -0.507 e. The average Bonchev–Trinajstić information content (AvgIpc) is 2.57. The first-order valence-corrected chi connectivity index (χ1v) is 8.53. The van der Waals surface area contributed by atoms with Gasteiger partial charge in [0, 0.05) is 5.19 Å². The first-order valence-electron chi connectivity index (χ1n) is 7.22. The zero-order valence-electron chi connectivity index (χ0n) is 12.4. The third-order valence-corrected chi connectivity index (χ3v) is 5.12. The molecule has 0 spiro atoms. The van der Waals surface area contributed by atoms with Crippen molar-refractivity contribution in [2.24, 2.45) is 0 Å². The molecule has 109 valence electrons. The van der Waals surface area contributed by atoms with Crippen molar-refractivity contribution in [3.8, 4) is 11.5 Å². The van der Waals surface area contributed by atoms with Gasteiger partial charge in [-0.3, -0.25) is 0 Å². The molecule has 0 bridgehead atoms. The van der Waals surface area contributed by atoms with Crippen molar-refractivity contribution in [2.75, 3.05) is 0 Å². The van der Waals surface area contributed by atoms with Gasteiger partial charge in [-0.15, -0.1) is 0 Å². The molecule has 0 unspecified atom stereocenters. The standard InChI is InChI=1S/C19H17O2Si/c1-16-10-8-9-15-19(16)22(20-17-11-4-2-5-12-17)21-18-13-6-3-7-14-18/h2-15H,1H3. The maximum atomic E-state index is 6.16. The van der Waals surface area contributed by atoms with Gasteiger partial charge in [0.25, 0.3) is 0 Å². The topological polar surface area (TPSA) is 18.5 Å². The lowest BCUT2D eigenvalue weighted by atomic mass is 10.2. The van der Waals surface area contributed by atoms with Crippen molar-refractivity contribution >= 4 is 14.5 Å². The second kappa shape index (κ2) is 6.96. The van der Waals surface area contributed by atoms with Crippen LogP contribution in [0.5, 0.6) is 11.5 Å². The Kier molecular flexibility index (Phi) is 4.56. The molecule has 22 heavy (non-hydrogen) atoms. The van der Waals surface area contributed by atoms with Crippen LogP contribution in [0.25, 0.3) is 0 Å². The lowest BCUT2D eigenvalue weighted by Gasteiger charge is -2.18. The van der Waals surface area contributed by atoms with Crippen LogP contribution in [-0.2, 0) is 0 Å². The van der Waals surface area contributed by atoms with Gasteiger partial charge < -0.3 is 8.85 Å².